The van der Waals surface area contributed by atoms with Crippen molar-refractivity contribution in [2.24, 2.45) is 0 Å². The second-order valence-corrected chi connectivity index (χ2v) is 6.18. The van der Waals surface area contributed by atoms with Crippen LogP contribution in [0.25, 0.3) is 11.3 Å². The van der Waals surface area contributed by atoms with Crippen LogP contribution in [0.3, 0.4) is 0 Å². The van der Waals surface area contributed by atoms with Crippen molar-refractivity contribution in [2.45, 2.75) is 0 Å². The molecule has 3 aromatic rings. The summed E-state index contributed by atoms with van der Waals surface area (Å²) >= 11 is 0. The van der Waals surface area contributed by atoms with Gasteiger partial charge < -0.3 is 20.7 Å². The Bertz CT molecular complexity index is 992. The molecular formula is C19H18N8O. The first kappa shape index (κ1) is 17.6. The number of anilines is 4. The first-order valence-electron chi connectivity index (χ1n) is 8.78. The van der Waals surface area contributed by atoms with Crippen molar-refractivity contribution in [3.63, 3.8) is 0 Å². The van der Waals surface area contributed by atoms with Gasteiger partial charge in [0.05, 0.1) is 30.5 Å². The minimum absolute atomic E-state index is 0.210. The topological polar surface area (TPSA) is 126 Å². The largest absolute Gasteiger partial charge is 0.378 e. The molecule has 0 radical (unpaired) electrons. The van der Waals surface area contributed by atoms with Gasteiger partial charge in [-0.3, -0.25) is 0 Å². The molecule has 0 spiro atoms. The number of nitrogen functional groups attached to an aromatic ring is 1. The van der Waals surface area contributed by atoms with Crippen LogP contribution in [0.5, 0.6) is 0 Å². The van der Waals surface area contributed by atoms with Gasteiger partial charge in [-0.25, -0.2) is 15.0 Å². The summed E-state index contributed by atoms with van der Waals surface area (Å²) in [6.45, 7) is 2.71. The van der Waals surface area contributed by atoms with Crippen molar-refractivity contribution in [1.29, 1.82) is 5.26 Å². The van der Waals surface area contributed by atoms with E-state index in [1.807, 2.05) is 18.2 Å². The van der Waals surface area contributed by atoms with Crippen LogP contribution in [0.1, 0.15) is 5.56 Å². The van der Waals surface area contributed by atoms with Crippen molar-refractivity contribution in [3.8, 4) is 17.3 Å². The number of nitrogens with one attached hydrogen (secondary N) is 1. The normalized spacial score (nSPS) is 13.8. The Labute approximate surface area is 161 Å². The van der Waals surface area contributed by atoms with Gasteiger partial charge in [0.2, 0.25) is 11.9 Å². The highest BCUT2D eigenvalue weighted by Crippen LogP contribution is 2.25. The minimum atomic E-state index is 0.210. The predicted molar refractivity (Wildman–Crippen MR) is 105 cm³/mol. The first-order valence-corrected chi connectivity index (χ1v) is 8.78. The van der Waals surface area contributed by atoms with Crippen LogP contribution in [0, 0.1) is 11.3 Å². The van der Waals surface area contributed by atoms with Gasteiger partial charge in [-0.2, -0.15) is 10.2 Å². The molecule has 28 heavy (non-hydrogen) atoms. The summed E-state index contributed by atoms with van der Waals surface area (Å²) in [5.41, 5.74) is 8.45. The maximum Gasteiger partial charge on any atom is 0.228 e. The van der Waals surface area contributed by atoms with Crippen LogP contribution in [0.2, 0.25) is 0 Å². The van der Waals surface area contributed by atoms with E-state index < -0.39 is 0 Å². The number of nitrogens with zero attached hydrogens (tertiary/aromatic N) is 6. The summed E-state index contributed by atoms with van der Waals surface area (Å²) in [4.78, 5) is 19.5. The Morgan fingerprint density at radius 3 is 2.46 bits per heavy atom. The fourth-order valence-electron chi connectivity index (χ4n) is 2.80. The van der Waals surface area contributed by atoms with Crippen LogP contribution in [0.4, 0.5) is 23.4 Å². The molecule has 140 valence electrons. The fourth-order valence-corrected chi connectivity index (χ4v) is 2.80. The van der Waals surface area contributed by atoms with E-state index in [0.717, 1.165) is 24.3 Å². The number of nitriles is 1. The van der Waals surface area contributed by atoms with E-state index >= 15 is 0 Å². The molecule has 9 heteroatoms. The molecule has 0 amide bonds. The lowest BCUT2D eigenvalue weighted by molar-refractivity contribution is 0.122. The van der Waals surface area contributed by atoms with Gasteiger partial charge in [0.25, 0.3) is 0 Å². The number of nitrogens with two attached hydrogens (primary N) is 1. The van der Waals surface area contributed by atoms with Crippen LogP contribution in [-0.4, -0.2) is 46.2 Å². The molecular weight excluding hydrogens is 356 g/mol. The number of ether oxygens (including phenoxy) is 1. The molecule has 3 N–H and O–H groups in total. The zero-order valence-corrected chi connectivity index (χ0v) is 15.0. The molecule has 4 rings (SSSR count). The first-order chi connectivity index (χ1) is 13.7. The van der Waals surface area contributed by atoms with Gasteiger partial charge in [-0.1, -0.05) is 0 Å². The third-order valence-electron chi connectivity index (χ3n) is 4.26. The molecule has 0 atom stereocenters. The van der Waals surface area contributed by atoms with Crippen LogP contribution >= 0.6 is 0 Å². The van der Waals surface area contributed by atoms with Crippen molar-refractivity contribution in [1.82, 2.24) is 19.9 Å². The van der Waals surface area contributed by atoms with E-state index in [0.29, 0.717) is 36.2 Å². The van der Waals surface area contributed by atoms with E-state index in [1.54, 1.807) is 24.5 Å². The Balaban J connectivity index is 1.70. The number of rotatable bonds is 4. The van der Waals surface area contributed by atoms with Crippen molar-refractivity contribution in [3.05, 3.63) is 48.3 Å². The number of hydrogen-bond acceptors (Lipinski definition) is 9. The summed E-state index contributed by atoms with van der Waals surface area (Å²) < 4.78 is 5.42. The van der Waals surface area contributed by atoms with Crippen LogP contribution < -0.4 is 16.0 Å². The summed E-state index contributed by atoms with van der Waals surface area (Å²) in [5.74, 6) is 1.45. The number of benzene rings is 1. The molecule has 1 saturated heterocycles. The van der Waals surface area contributed by atoms with Gasteiger partial charge in [-0.05, 0) is 24.3 Å². The zero-order valence-electron chi connectivity index (χ0n) is 15.0. The summed E-state index contributed by atoms with van der Waals surface area (Å²) in [6.07, 6.45) is 3.28. The van der Waals surface area contributed by atoms with Crippen LogP contribution in [0.15, 0.2) is 42.7 Å². The lowest BCUT2D eigenvalue weighted by Crippen LogP contribution is -2.37. The Morgan fingerprint density at radius 1 is 1.07 bits per heavy atom. The molecule has 1 aliphatic rings. The molecule has 0 unspecified atom stereocenters. The quantitative estimate of drug-likeness (QED) is 0.704. The second kappa shape index (κ2) is 7.85. The van der Waals surface area contributed by atoms with Gasteiger partial charge >= 0.3 is 0 Å². The monoisotopic (exact) mass is 374 g/mol. The number of hydrogen-bond donors (Lipinski definition) is 2. The second-order valence-electron chi connectivity index (χ2n) is 6.18. The average Bonchev–Trinajstić information content (AvgIpc) is 2.75. The third kappa shape index (κ3) is 3.97. The Morgan fingerprint density at radius 2 is 1.79 bits per heavy atom. The predicted octanol–water partition coefficient (Wildman–Crippen LogP) is 1.97. The van der Waals surface area contributed by atoms with Crippen LogP contribution in [-0.2, 0) is 4.74 Å². The summed E-state index contributed by atoms with van der Waals surface area (Å²) in [6, 6.07) is 11.1. The molecule has 9 nitrogen and oxygen atoms in total. The molecule has 1 aromatic carbocycles. The maximum atomic E-state index is 8.95. The molecule has 0 aliphatic carbocycles. The Kier molecular flexibility index (Phi) is 4.95. The van der Waals surface area contributed by atoms with Gasteiger partial charge in [-0.15, -0.1) is 0 Å². The number of morpholine rings is 1. The molecule has 0 bridgehead atoms. The van der Waals surface area contributed by atoms with E-state index in [2.05, 4.69) is 36.2 Å². The minimum Gasteiger partial charge on any atom is -0.378 e. The Hall–Kier alpha value is -3.77. The summed E-state index contributed by atoms with van der Waals surface area (Å²) in [5, 5.41) is 12.2. The van der Waals surface area contributed by atoms with Gasteiger partial charge in [0, 0.05) is 42.8 Å². The lowest BCUT2D eigenvalue weighted by atomic mass is 10.2. The number of aromatic nitrogens is 4. The molecule has 3 heterocycles. The standard InChI is InChI=1S/C19H18N8O/c20-10-13-1-3-15(4-2-13)24-17-9-16(14-11-22-18(21)23-12-14)25-19(26-17)27-5-7-28-8-6-27/h1-4,9,11-12H,5-8H2,(H2,21,22,23)(H,24,25,26). The molecule has 2 aromatic heterocycles. The third-order valence-corrected chi connectivity index (χ3v) is 4.26. The fraction of sp³-hybridized carbons (Fsp3) is 0.211. The van der Waals surface area contributed by atoms with Crippen molar-refractivity contribution >= 4 is 23.4 Å². The van der Waals surface area contributed by atoms with Crippen molar-refractivity contribution < 1.29 is 4.74 Å². The average molecular weight is 374 g/mol. The van der Waals surface area contributed by atoms with Gasteiger partial charge in [0.15, 0.2) is 0 Å². The molecule has 1 fully saturated rings. The maximum absolute atomic E-state index is 8.95. The lowest BCUT2D eigenvalue weighted by Gasteiger charge is -2.27. The highest BCUT2D eigenvalue weighted by molar-refractivity contribution is 5.67. The molecule has 0 saturated carbocycles. The highest BCUT2D eigenvalue weighted by atomic mass is 16.5. The summed E-state index contributed by atoms with van der Waals surface area (Å²) in [7, 11) is 0. The SMILES string of the molecule is N#Cc1ccc(Nc2cc(-c3cnc(N)nc3)nc(N3CCOCC3)n2)cc1. The van der Waals surface area contributed by atoms with E-state index in [-0.39, 0.29) is 5.95 Å². The highest BCUT2D eigenvalue weighted by Gasteiger charge is 2.17. The zero-order chi connectivity index (χ0) is 19.3. The van der Waals surface area contributed by atoms with E-state index in [9.17, 15) is 0 Å². The van der Waals surface area contributed by atoms with Crippen molar-refractivity contribution in [2.75, 3.05) is 42.3 Å². The van der Waals surface area contributed by atoms with E-state index in [4.69, 9.17) is 15.7 Å². The smallest absolute Gasteiger partial charge is 0.228 e. The van der Waals surface area contributed by atoms with E-state index in [1.165, 1.54) is 0 Å². The van der Waals surface area contributed by atoms with Gasteiger partial charge in [0.1, 0.15) is 5.82 Å². The molecule has 1 aliphatic heterocycles.